The van der Waals surface area contributed by atoms with Gasteiger partial charge in [0.25, 0.3) is 11.5 Å². The lowest BCUT2D eigenvalue weighted by molar-refractivity contribution is 0.102. The summed E-state index contributed by atoms with van der Waals surface area (Å²) in [6.45, 7) is 0. The van der Waals surface area contributed by atoms with Crippen molar-refractivity contribution in [1.29, 1.82) is 0 Å². The number of ether oxygens (including phenoxy) is 1. The van der Waals surface area contributed by atoms with Crippen molar-refractivity contribution < 1.29 is 18.3 Å². The Balaban J connectivity index is 1.49. The zero-order chi connectivity index (χ0) is 24.4. The molecule has 5 aromatic rings. The van der Waals surface area contributed by atoms with Gasteiger partial charge >= 0.3 is 0 Å². The van der Waals surface area contributed by atoms with Crippen molar-refractivity contribution in [3.8, 4) is 17.2 Å². The summed E-state index contributed by atoms with van der Waals surface area (Å²) >= 11 is 0. The van der Waals surface area contributed by atoms with Crippen LogP contribution in [0.2, 0.25) is 0 Å². The van der Waals surface area contributed by atoms with E-state index < -0.39 is 23.1 Å². The van der Waals surface area contributed by atoms with E-state index in [1.165, 1.54) is 6.20 Å². The molecule has 0 atom stereocenters. The fraction of sp³-hybridized carbons (Fsp3) is 0. The molecule has 4 aromatic carbocycles. The molecule has 0 saturated carbocycles. The van der Waals surface area contributed by atoms with Crippen LogP contribution in [0.5, 0.6) is 11.5 Å². The van der Waals surface area contributed by atoms with Crippen molar-refractivity contribution >= 4 is 22.4 Å². The molecule has 5 rings (SSSR count). The van der Waals surface area contributed by atoms with Gasteiger partial charge in [0, 0.05) is 28.7 Å². The second-order valence-electron chi connectivity index (χ2n) is 7.75. The van der Waals surface area contributed by atoms with E-state index in [0.29, 0.717) is 28.6 Å². The number of para-hydroxylation sites is 1. The van der Waals surface area contributed by atoms with Crippen LogP contribution in [0.4, 0.5) is 14.5 Å². The quantitative estimate of drug-likeness (QED) is 0.329. The Hall–Kier alpha value is -4.78. The normalized spacial score (nSPS) is 10.8. The molecule has 0 aliphatic heterocycles. The van der Waals surface area contributed by atoms with Gasteiger partial charge in [-0.2, -0.15) is 0 Å². The number of pyridine rings is 1. The maximum atomic E-state index is 14.5. The predicted octanol–water partition coefficient (Wildman–Crippen LogP) is 6.31. The molecule has 0 radical (unpaired) electrons. The summed E-state index contributed by atoms with van der Waals surface area (Å²) in [5.41, 5.74) is -0.0116. The Kier molecular flexibility index (Phi) is 5.81. The van der Waals surface area contributed by atoms with Crippen molar-refractivity contribution in [3.05, 3.63) is 131 Å². The molecule has 0 unspecified atom stereocenters. The number of fused-ring (bicyclic) bond motifs is 1. The Morgan fingerprint density at radius 1 is 0.771 bits per heavy atom. The third kappa shape index (κ3) is 4.52. The molecular formula is C28H18F2N2O3. The largest absolute Gasteiger partial charge is 0.457 e. The molecule has 7 heteroatoms. The number of anilines is 1. The Labute approximate surface area is 198 Å². The lowest BCUT2D eigenvalue weighted by atomic mass is 10.1. The summed E-state index contributed by atoms with van der Waals surface area (Å²) in [6, 6.07) is 25.6. The van der Waals surface area contributed by atoms with E-state index in [-0.39, 0.29) is 16.6 Å². The van der Waals surface area contributed by atoms with Gasteiger partial charge in [-0.3, -0.25) is 14.2 Å². The van der Waals surface area contributed by atoms with Crippen molar-refractivity contribution in [2.24, 2.45) is 0 Å². The van der Waals surface area contributed by atoms with Gasteiger partial charge in [-0.05, 0) is 54.6 Å². The molecule has 35 heavy (non-hydrogen) atoms. The van der Waals surface area contributed by atoms with Crippen LogP contribution < -0.4 is 15.6 Å². The number of benzene rings is 4. The first-order valence-electron chi connectivity index (χ1n) is 10.7. The number of nitrogens with zero attached hydrogens (tertiary/aromatic N) is 1. The van der Waals surface area contributed by atoms with E-state index in [0.717, 1.165) is 16.7 Å². The number of halogens is 2. The highest BCUT2D eigenvalue weighted by Crippen LogP contribution is 2.24. The summed E-state index contributed by atoms with van der Waals surface area (Å²) < 4.78 is 34.7. The molecule has 0 aliphatic carbocycles. The Morgan fingerprint density at radius 3 is 2.14 bits per heavy atom. The highest BCUT2D eigenvalue weighted by molar-refractivity contribution is 6.12. The van der Waals surface area contributed by atoms with E-state index in [2.05, 4.69) is 5.32 Å². The van der Waals surface area contributed by atoms with Gasteiger partial charge in [-0.25, -0.2) is 8.78 Å². The van der Waals surface area contributed by atoms with Crippen molar-refractivity contribution in [3.63, 3.8) is 0 Å². The van der Waals surface area contributed by atoms with E-state index in [1.807, 2.05) is 30.3 Å². The summed E-state index contributed by atoms with van der Waals surface area (Å²) in [5.74, 6) is -0.888. The fourth-order valence-electron chi connectivity index (χ4n) is 3.76. The van der Waals surface area contributed by atoms with Gasteiger partial charge in [-0.1, -0.05) is 36.4 Å². The summed E-state index contributed by atoms with van der Waals surface area (Å²) in [4.78, 5) is 26.3. The maximum Gasteiger partial charge on any atom is 0.263 e. The molecular weight excluding hydrogens is 450 g/mol. The van der Waals surface area contributed by atoms with Crippen LogP contribution in [0.25, 0.3) is 16.5 Å². The highest BCUT2D eigenvalue weighted by atomic mass is 19.1. The SMILES string of the molecule is O=C(Nc1ccc(Oc2ccccc2)cc1)c1cn(-c2ccc(F)cc2F)c(=O)c2ccccc12. The van der Waals surface area contributed by atoms with E-state index in [9.17, 15) is 18.4 Å². The standard InChI is InChI=1S/C28H18F2N2O3/c29-18-10-15-26(25(30)16-18)32-17-24(22-8-4-5-9-23(22)28(32)34)27(33)31-19-11-13-21(14-12-19)35-20-6-2-1-3-7-20/h1-17H,(H,31,33). The minimum absolute atomic E-state index is 0.154. The number of nitrogens with one attached hydrogen (secondary N) is 1. The van der Waals surface area contributed by atoms with Crippen LogP contribution in [0.15, 0.2) is 108 Å². The molecule has 5 nitrogen and oxygen atoms in total. The highest BCUT2D eigenvalue weighted by Gasteiger charge is 2.17. The molecule has 172 valence electrons. The number of hydrogen-bond acceptors (Lipinski definition) is 3. The summed E-state index contributed by atoms with van der Waals surface area (Å²) in [6.07, 6.45) is 1.27. The minimum atomic E-state index is -0.914. The molecule has 1 heterocycles. The van der Waals surface area contributed by atoms with Crippen LogP contribution in [-0.4, -0.2) is 10.5 Å². The fourth-order valence-corrected chi connectivity index (χ4v) is 3.76. The predicted molar refractivity (Wildman–Crippen MR) is 130 cm³/mol. The number of hydrogen-bond donors (Lipinski definition) is 1. The van der Waals surface area contributed by atoms with Gasteiger partial charge in [0.1, 0.15) is 23.1 Å². The monoisotopic (exact) mass is 468 g/mol. The second-order valence-corrected chi connectivity index (χ2v) is 7.75. The second kappa shape index (κ2) is 9.23. The van der Waals surface area contributed by atoms with Crippen molar-refractivity contribution in [2.45, 2.75) is 0 Å². The molecule has 0 fully saturated rings. The molecule has 1 amide bonds. The molecule has 1 aromatic heterocycles. The van der Waals surface area contributed by atoms with E-state index in [4.69, 9.17) is 4.74 Å². The van der Waals surface area contributed by atoms with Crippen LogP contribution in [-0.2, 0) is 0 Å². The number of rotatable bonds is 5. The van der Waals surface area contributed by atoms with Gasteiger partial charge in [0.05, 0.1) is 11.3 Å². The van der Waals surface area contributed by atoms with E-state index >= 15 is 0 Å². The molecule has 0 spiro atoms. The zero-order valence-corrected chi connectivity index (χ0v) is 18.2. The van der Waals surface area contributed by atoms with Crippen LogP contribution >= 0.6 is 0 Å². The molecule has 0 saturated heterocycles. The van der Waals surface area contributed by atoms with Crippen molar-refractivity contribution in [1.82, 2.24) is 4.57 Å². The third-order valence-electron chi connectivity index (χ3n) is 5.43. The maximum absolute atomic E-state index is 14.5. The Bertz CT molecular complexity index is 1600. The molecule has 0 bridgehead atoms. The average molecular weight is 468 g/mol. The first-order chi connectivity index (χ1) is 17.0. The molecule has 1 N–H and O–H groups in total. The lowest BCUT2D eigenvalue weighted by Gasteiger charge is -2.13. The minimum Gasteiger partial charge on any atom is -0.457 e. The first kappa shape index (κ1) is 22.0. The summed E-state index contributed by atoms with van der Waals surface area (Å²) in [7, 11) is 0. The zero-order valence-electron chi connectivity index (χ0n) is 18.2. The first-order valence-corrected chi connectivity index (χ1v) is 10.7. The van der Waals surface area contributed by atoms with Gasteiger partial charge in [0.15, 0.2) is 0 Å². The molecule has 0 aliphatic rings. The average Bonchev–Trinajstić information content (AvgIpc) is 2.87. The van der Waals surface area contributed by atoms with Crippen molar-refractivity contribution in [2.75, 3.05) is 5.32 Å². The lowest BCUT2D eigenvalue weighted by Crippen LogP contribution is -2.23. The van der Waals surface area contributed by atoms with Gasteiger partial charge < -0.3 is 10.1 Å². The van der Waals surface area contributed by atoms with Crippen LogP contribution in [0, 0.1) is 11.6 Å². The smallest absolute Gasteiger partial charge is 0.263 e. The number of carbonyl (C=O) groups excluding carboxylic acids is 1. The van der Waals surface area contributed by atoms with Gasteiger partial charge in [-0.15, -0.1) is 0 Å². The number of amides is 1. The third-order valence-corrected chi connectivity index (χ3v) is 5.43. The van der Waals surface area contributed by atoms with Crippen LogP contribution in [0.1, 0.15) is 10.4 Å². The summed E-state index contributed by atoms with van der Waals surface area (Å²) in [5, 5.41) is 3.45. The van der Waals surface area contributed by atoms with Gasteiger partial charge in [0.2, 0.25) is 0 Å². The number of carbonyl (C=O) groups is 1. The Morgan fingerprint density at radius 2 is 1.43 bits per heavy atom. The number of aromatic nitrogens is 1. The van der Waals surface area contributed by atoms with E-state index in [1.54, 1.807) is 48.5 Å². The van der Waals surface area contributed by atoms with Crippen LogP contribution in [0.3, 0.4) is 0 Å². The topological polar surface area (TPSA) is 60.3 Å².